The van der Waals surface area contributed by atoms with Crippen LogP contribution < -0.4 is 14.2 Å². The molecule has 3 rings (SSSR count). The first kappa shape index (κ1) is 14.7. The van der Waals surface area contributed by atoms with Crippen LogP contribution in [0.4, 0.5) is 8.78 Å². The van der Waals surface area contributed by atoms with Crippen molar-refractivity contribution in [2.45, 2.75) is 11.4 Å². The number of rotatable bonds is 4. The molecule has 0 saturated heterocycles. The molecule has 0 unspecified atom stereocenters. The number of fused-ring (bicyclic) bond motifs is 1. The van der Waals surface area contributed by atoms with Crippen LogP contribution in [-0.2, 0) is 16.6 Å². The molecule has 1 aliphatic heterocycles. The van der Waals surface area contributed by atoms with Crippen LogP contribution in [0, 0.1) is 11.6 Å². The van der Waals surface area contributed by atoms with Gasteiger partial charge in [-0.05, 0) is 29.8 Å². The molecule has 2 aromatic rings. The molecule has 1 aliphatic rings. The van der Waals surface area contributed by atoms with Crippen LogP contribution >= 0.6 is 0 Å². The van der Waals surface area contributed by atoms with Crippen LogP contribution in [-0.4, -0.2) is 15.2 Å². The van der Waals surface area contributed by atoms with Crippen LogP contribution in [0.5, 0.6) is 11.5 Å². The lowest BCUT2D eigenvalue weighted by Crippen LogP contribution is -2.25. The summed E-state index contributed by atoms with van der Waals surface area (Å²) < 4.78 is 63.7. The van der Waals surface area contributed by atoms with Gasteiger partial charge in [0, 0.05) is 6.54 Å². The van der Waals surface area contributed by atoms with Gasteiger partial charge in [-0.2, -0.15) is 0 Å². The summed E-state index contributed by atoms with van der Waals surface area (Å²) in [5, 5.41) is 0. The molecule has 116 valence electrons. The van der Waals surface area contributed by atoms with Crippen molar-refractivity contribution in [2.24, 2.45) is 0 Å². The minimum absolute atomic E-state index is 0.102. The summed E-state index contributed by atoms with van der Waals surface area (Å²) in [6, 6.07) is 7.74. The van der Waals surface area contributed by atoms with Crippen LogP contribution in [0.15, 0.2) is 41.3 Å². The van der Waals surface area contributed by atoms with Crippen LogP contribution in [0.2, 0.25) is 0 Å². The predicted molar refractivity (Wildman–Crippen MR) is 72.9 cm³/mol. The first-order chi connectivity index (χ1) is 10.5. The fraction of sp³-hybridized carbons (Fsp3) is 0.143. The van der Waals surface area contributed by atoms with Crippen molar-refractivity contribution in [1.29, 1.82) is 0 Å². The van der Waals surface area contributed by atoms with E-state index in [0.717, 1.165) is 18.2 Å². The van der Waals surface area contributed by atoms with Crippen molar-refractivity contribution in [3.8, 4) is 11.5 Å². The number of halogens is 2. The Bertz CT molecular complexity index is 803. The lowest BCUT2D eigenvalue weighted by molar-refractivity contribution is 0.174. The largest absolute Gasteiger partial charge is 0.454 e. The summed E-state index contributed by atoms with van der Waals surface area (Å²) in [7, 11) is -4.31. The first-order valence-electron chi connectivity index (χ1n) is 6.29. The number of hydrogen-bond acceptors (Lipinski definition) is 4. The van der Waals surface area contributed by atoms with E-state index in [1.54, 1.807) is 18.2 Å². The van der Waals surface area contributed by atoms with E-state index in [2.05, 4.69) is 4.72 Å². The van der Waals surface area contributed by atoms with Gasteiger partial charge in [0.1, 0.15) is 11.6 Å². The van der Waals surface area contributed by atoms with Crippen molar-refractivity contribution in [3.63, 3.8) is 0 Å². The van der Waals surface area contributed by atoms with Gasteiger partial charge in [0.2, 0.25) is 16.8 Å². The van der Waals surface area contributed by atoms with E-state index in [9.17, 15) is 17.2 Å². The quantitative estimate of drug-likeness (QED) is 0.935. The second-order valence-electron chi connectivity index (χ2n) is 4.56. The van der Waals surface area contributed by atoms with Gasteiger partial charge in [0.15, 0.2) is 16.4 Å². The second-order valence-corrected chi connectivity index (χ2v) is 6.27. The van der Waals surface area contributed by atoms with E-state index in [4.69, 9.17) is 9.47 Å². The van der Waals surface area contributed by atoms with Gasteiger partial charge in [-0.1, -0.05) is 12.1 Å². The normalized spacial score (nSPS) is 13.4. The van der Waals surface area contributed by atoms with E-state index in [-0.39, 0.29) is 13.3 Å². The number of sulfonamides is 1. The van der Waals surface area contributed by atoms with Crippen molar-refractivity contribution in [2.75, 3.05) is 6.79 Å². The molecule has 0 aromatic heterocycles. The standard InChI is InChI=1S/C14H11F2NO4S/c15-10-2-1-3-11(16)14(10)22(18,19)17-7-9-4-5-12-13(6-9)21-8-20-12/h1-6,17H,7-8H2. The zero-order valence-corrected chi connectivity index (χ0v) is 12.0. The minimum atomic E-state index is -4.31. The average Bonchev–Trinajstić information content (AvgIpc) is 2.92. The SMILES string of the molecule is O=S(=O)(NCc1ccc2c(c1)OCO2)c1c(F)cccc1F. The lowest BCUT2D eigenvalue weighted by Gasteiger charge is -2.09. The fourth-order valence-electron chi connectivity index (χ4n) is 2.04. The van der Waals surface area contributed by atoms with E-state index in [1.807, 2.05) is 0 Å². The molecule has 0 saturated carbocycles. The molecule has 0 radical (unpaired) electrons. The molecule has 5 nitrogen and oxygen atoms in total. The molecule has 22 heavy (non-hydrogen) atoms. The predicted octanol–water partition coefficient (Wildman–Crippen LogP) is 2.17. The number of ether oxygens (including phenoxy) is 2. The van der Waals surface area contributed by atoms with Crippen LogP contribution in [0.1, 0.15) is 5.56 Å². The van der Waals surface area contributed by atoms with E-state index in [1.165, 1.54) is 0 Å². The topological polar surface area (TPSA) is 64.6 Å². The molecule has 0 bridgehead atoms. The van der Waals surface area contributed by atoms with Gasteiger partial charge >= 0.3 is 0 Å². The molecular formula is C14H11F2NO4S. The van der Waals surface area contributed by atoms with Crippen molar-refractivity contribution in [3.05, 3.63) is 53.6 Å². The summed E-state index contributed by atoms with van der Waals surface area (Å²) in [6.45, 7) is -0.0301. The maximum atomic E-state index is 13.6. The number of nitrogens with one attached hydrogen (secondary N) is 1. The minimum Gasteiger partial charge on any atom is -0.454 e. The van der Waals surface area contributed by atoms with Gasteiger partial charge < -0.3 is 9.47 Å². The summed E-state index contributed by atoms with van der Waals surface area (Å²) in [6.07, 6.45) is 0. The fourth-order valence-corrected chi connectivity index (χ4v) is 3.19. The maximum Gasteiger partial charge on any atom is 0.246 e. The lowest BCUT2D eigenvalue weighted by atomic mass is 10.2. The monoisotopic (exact) mass is 327 g/mol. The molecular weight excluding hydrogens is 316 g/mol. The maximum absolute atomic E-state index is 13.6. The third kappa shape index (κ3) is 2.75. The highest BCUT2D eigenvalue weighted by Gasteiger charge is 2.23. The molecule has 0 spiro atoms. The highest BCUT2D eigenvalue weighted by molar-refractivity contribution is 7.89. The summed E-state index contributed by atoms with van der Waals surface area (Å²) >= 11 is 0. The molecule has 0 amide bonds. The van der Waals surface area contributed by atoms with Crippen LogP contribution in [0.25, 0.3) is 0 Å². The Morgan fingerprint density at radius 3 is 2.45 bits per heavy atom. The van der Waals surface area contributed by atoms with Crippen LogP contribution in [0.3, 0.4) is 0 Å². The summed E-state index contributed by atoms with van der Waals surface area (Å²) in [4.78, 5) is -0.990. The zero-order chi connectivity index (χ0) is 15.7. The molecule has 2 aromatic carbocycles. The van der Waals surface area contributed by atoms with E-state index in [0.29, 0.717) is 17.1 Å². The average molecular weight is 327 g/mol. The van der Waals surface area contributed by atoms with Crippen molar-refractivity contribution >= 4 is 10.0 Å². The molecule has 8 heteroatoms. The number of hydrogen-bond donors (Lipinski definition) is 1. The Hall–Kier alpha value is -2.19. The van der Waals surface area contributed by atoms with Gasteiger partial charge in [-0.3, -0.25) is 0 Å². The zero-order valence-electron chi connectivity index (χ0n) is 11.2. The molecule has 1 N–H and O–H groups in total. The van der Waals surface area contributed by atoms with Gasteiger partial charge in [-0.15, -0.1) is 0 Å². The molecule has 0 fully saturated rings. The van der Waals surface area contributed by atoms with Crippen molar-refractivity contribution < 1.29 is 26.7 Å². The second kappa shape index (κ2) is 5.54. The summed E-state index contributed by atoms with van der Waals surface area (Å²) in [5.74, 6) is -1.23. The summed E-state index contributed by atoms with van der Waals surface area (Å²) in [5.41, 5.74) is 0.574. The molecule has 0 atom stereocenters. The first-order valence-corrected chi connectivity index (χ1v) is 7.78. The van der Waals surface area contributed by atoms with E-state index < -0.39 is 26.6 Å². The van der Waals surface area contributed by atoms with Gasteiger partial charge in [0.25, 0.3) is 0 Å². The third-order valence-corrected chi connectivity index (χ3v) is 4.54. The Balaban J connectivity index is 1.81. The smallest absolute Gasteiger partial charge is 0.246 e. The Morgan fingerprint density at radius 2 is 1.73 bits per heavy atom. The van der Waals surface area contributed by atoms with E-state index >= 15 is 0 Å². The highest BCUT2D eigenvalue weighted by atomic mass is 32.2. The third-order valence-electron chi connectivity index (χ3n) is 3.09. The van der Waals surface area contributed by atoms with Crippen molar-refractivity contribution in [1.82, 2.24) is 4.72 Å². The number of benzene rings is 2. The Morgan fingerprint density at radius 1 is 1.05 bits per heavy atom. The Labute approximate surface area is 125 Å². The molecule has 1 heterocycles. The highest BCUT2D eigenvalue weighted by Crippen LogP contribution is 2.32. The Kier molecular flexibility index (Phi) is 3.71. The van der Waals surface area contributed by atoms with Gasteiger partial charge in [0.05, 0.1) is 0 Å². The van der Waals surface area contributed by atoms with Gasteiger partial charge in [-0.25, -0.2) is 21.9 Å². The molecule has 0 aliphatic carbocycles.